The van der Waals surface area contributed by atoms with Crippen molar-refractivity contribution in [2.45, 2.75) is 31.8 Å². The van der Waals surface area contributed by atoms with Gasteiger partial charge in [0.25, 0.3) is 0 Å². The zero-order chi connectivity index (χ0) is 17.1. The van der Waals surface area contributed by atoms with Gasteiger partial charge in [0.15, 0.2) is 0 Å². The van der Waals surface area contributed by atoms with Crippen molar-refractivity contribution in [1.82, 2.24) is 9.21 Å². The van der Waals surface area contributed by atoms with Crippen molar-refractivity contribution in [3.63, 3.8) is 0 Å². The van der Waals surface area contributed by atoms with E-state index in [4.69, 9.17) is 4.74 Å². The molecule has 0 aromatic heterocycles. The van der Waals surface area contributed by atoms with Crippen molar-refractivity contribution in [3.05, 3.63) is 23.8 Å². The topological polar surface area (TPSA) is 66.9 Å². The molecule has 1 aromatic carbocycles. The summed E-state index contributed by atoms with van der Waals surface area (Å²) in [5, 5.41) is 0. The van der Waals surface area contributed by atoms with Crippen LogP contribution in [-0.4, -0.2) is 57.3 Å². The third-order valence-corrected chi connectivity index (χ3v) is 4.87. The Bertz CT molecular complexity index is 639. The smallest absolute Gasteiger partial charge is 0.243 e. The first-order valence-corrected chi connectivity index (χ1v) is 8.43. The minimum atomic E-state index is -3.71. The molecule has 22 heavy (non-hydrogen) atoms. The third kappa shape index (κ3) is 4.45. The van der Waals surface area contributed by atoms with Crippen LogP contribution in [0.5, 0.6) is 5.75 Å². The molecule has 0 atom stereocenters. The quantitative estimate of drug-likeness (QED) is 0.793. The van der Waals surface area contributed by atoms with Gasteiger partial charge >= 0.3 is 0 Å². The highest BCUT2D eigenvalue weighted by molar-refractivity contribution is 7.89. The molecule has 0 saturated heterocycles. The molecule has 0 radical (unpaired) electrons. The molecule has 0 heterocycles. The van der Waals surface area contributed by atoms with Crippen LogP contribution in [0.25, 0.3) is 0 Å². The molecule has 0 fully saturated rings. The lowest BCUT2D eigenvalue weighted by Crippen LogP contribution is -2.37. The first-order valence-electron chi connectivity index (χ1n) is 6.99. The summed E-state index contributed by atoms with van der Waals surface area (Å²) in [6.07, 6.45) is 0.0153. The number of hydrogen-bond donors (Lipinski definition) is 0. The molecule has 0 aliphatic heterocycles. The summed E-state index contributed by atoms with van der Waals surface area (Å²) in [6.45, 7) is 5.41. The Morgan fingerprint density at radius 2 is 1.82 bits per heavy atom. The largest absolute Gasteiger partial charge is 0.491 e. The van der Waals surface area contributed by atoms with E-state index in [1.165, 1.54) is 18.0 Å². The number of amides is 1. The van der Waals surface area contributed by atoms with E-state index in [2.05, 4.69) is 0 Å². The lowest BCUT2D eigenvalue weighted by atomic mass is 10.2. The summed E-state index contributed by atoms with van der Waals surface area (Å²) in [5.74, 6) is 0.378. The Morgan fingerprint density at radius 3 is 2.27 bits per heavy atom. The monoisotopic (exact) mass is 328 g/mol. The maximum Gasteiger partial charge on any atom is 0.243 e. The molecule has 0 aliphatic rings. The number of rotatable bonds is 6. The van der Waals surface area contributed by atoms with Gasteiger partial charge in [0.1, 0.15) is 5.75 Å². The van der Waals surface area contributed by atoms with Gasteiger partial charge in [-0.05, 0) is 44.5 Å². The zero-order valence-electron chi connectivity index (χ0n) is 14.0. The Morgan fingerprint density at radius 1 is 1.23 bits per heavy atom. The normalized spacial score (nSPS) is 11.8. The van der Waals surface area contributed by atoms with Gasteiger partial charge in [-0.15, -0.1) is 0 Å². The second-order valence-corrected chi connectivity index (χ2v) is 7.69. The Labute approximate surface area is 132 Å². The fraction of sp³-hybridized carbons (Fsp3) is 0.533. The van der Waals surface area contributed by atoms with Crippen LogP contribution in [0.1, 0.15) is 19.4 Å². The van der Waals surface area contributed by atoms with Crippen LogP contribution in [0.2, 0.25) is 0 Å². The molecule has 1 amide bonds. The van der Waals surface area contributed by atoms with Crippen LogP contribution in [0.15, 0.2) is 23.1 Å². The maximum absolute atomic E-state index is 12.5. The highest BCUT2D eigenvalue weighted by Gasteiger charge is 2.24. The van der Waals surface area contributed by atoms with Gasteiger partial charge in [0.2, 0.25) is 15.9 Å². The van der Waals surface area contributed by atoms with Gasteiger partial charge < -0.3 is 9.64 Å². The lowest BCUT2D eigenvalue weighted by molar-refractivity contribution is -0.128. The first-order chi connectivity index (χ1) is 10.1. The minimum absolute atomic E-state index is 0.0153. The molecule has 0 N–H and O–H groups in total. The summed E-state index contributed by atoms with van der Waals surface area (Å²) < 4.78 is 31.6. The number of likely N-dealkylation sites (N-methyl/N-ethyl adjacent to an activating group) is 2. The Balaban J connectivity index is 3.03. The number of hydrogen-bond acceptors (Lipinski definition) is 4. The van der Waals surface area contributed by atoms with E-state index < -0.39 is 10.0 Å². The molecule has 0 spiro atoms. The predicted octanol–water partition coefficient (Wildman–Crippen LogP) is 1.49. The highest BCUT2D eigenvalue weighted by Crippen LogP contribution is 2.24. The van der Waals surface area contributed by atoms with E-state index in [1.807, 2.05) is 13.8 Å². The van der Waals surface area contributed by atoms with Gasteiger partial charge in [0, 0.05) is 21.1 Å². The highest BCUT2D eigenvalue weighted by atomic mass is 32.2. The van der Waals surface area contributed by atoms with E-state index in [-0.39, 0.29) is 23.5 Å². The summed E-state index contributed by atoms with van der Waals surface area (Å²) >= 11 is 0. The molecular weight excluding hydrogens is 304 g/mol. The third-order valence-electron chi connectivity index (χ3n) is 3.07. The van der Waals surface area contributed by atoms with Crippen molar-refractivity contribution >= 4 is 15.9 Å². The van der Waals surface area contributed by atoms with Crippen LogP contribution in [0, 0.1) is 6.92 Å². The molecule has 7 heteroatoms. The van der Waals surface area contributed by atoms with Crippen LogP contribution in [0.3, 0.4) is 0 Å². The number of ether oxygens (including phenoxy) is 1. The van der Waals surface area contributed by atoms with Gasteiger partial charge in [-0.25, -0.2) is 8.42 Å². The lowest BCUT2D eigenvalue weighted by Gasteiger charge is -2.20. The standard InChI is InChI=1S/C15H24N2O4S/c1-11(2)21-14-8-7-13(9-12(14)3)22(19,20)17(6)10-15(18)16(4)5/h7-9,11H,10H2,1-6H3. The number of sulfonamides is 1. The Hall–Kier alpha value is -1.60. The van der Waals surface area contributed by atoms with E-state index in [0.29, 0.717) is 5.75 Å². The first kappa shape index (κ1) is 18.4. The van der Waals surface area contributed by atoms with E-state index in [1.54, 1.807) is 33.2 Å². The van der Waals surface area contributed by atoms with Gasteiger partial charge in [-0.3, -0.25) is 4.79 Å². The molecule has 0 aliphatic carbocycles. The van der Waals surface area contributed by atoms with E-state index in [0.717, 1.165) is 9.87 Å². The van der Waals surface area contributed by atoms with Crippen molar-refractivity contribution in [1.29, 1.82) is 0 Å². The number of carbonyl (C=O) groups excluding carboxylic acids is 1. The number of benzene rings is 1. The minimum Gasteiger partial charge on any atom is -0.491 e. The maximum atomic E-state index is 12.5. The number of nitrogens with zero attached hydrogens (tertiary/aromatic N) is 2. The van der Waals surface area contributed by atoms with Crippen LogP contribution in [-0.2, 0) is 14.8 Å². The fourth-order valence-corrected chi connectivity index (χ4v) is 2.97. The van der Waals surface area contributed by atoms with Gasteiger partial charge in [-0.2, -0.15) is 4.31 Å². The summed E-state index contributed by atoms with van der Waals surface area (Å²) in [5.41, 5.74) is 0.738. The van der Waals surface area contributed by atoms with Crippen molar-refractivity contribution in [2.75, 3.05) is 27.7 Å². The molecule has 124 valence electrons. The molecule has 0 unspecified atom stereocenters. The van der Waals surface area contributed by atoms with E-state index in [9.17, 15) is 13.2 Å². The van der Waals surface area contributed by atoms with Crippen LogP contribution in [0.4, 0.5) is 0 Å². The average molecular weight is 328 g/mol. The molecule has 1 rings (SSSR count). The summed E-state index contributed by atoms with van der Waals surface area (Å²) in [4.78, 5) is 13.2. The molecule has 1 aromatic rings. The fourth-order valence-electron chi connectivity index (χ4n) is 1.77. The molecule has 6 nitrogen and oxygen atoms in total. The average Bonchev–Trinajstić information content (AvgIpc) is 2.40. The van der Waals surface area contributed by atoms with Crippen molar-refractivity contribution < 1.29 is 17.9 Å². The SMILES string of the molecule is Cc1cc(S(=O)(=O)N(C)CC(=O)N(C)C)ccc1OC(C)C. The van der Waals surface area contributed by atoms with Gasteiger partial charge in [0.05, 0.1) is 17.5 Å². The number of aryl methyl sites for hydroxylation is 1. The molecule has 0 saturated carbocycles. The summed E-state index contributed by atoms with van der Waals surface area (Å²) in [7, 11) is 0.865. The van der Waals surface area contributed by atoms with Crippen LogP contribution >= 0.6 is 0 Å². The van der Waals surface area contributed by atoms with Crippen molar-refractivity contribution in [2.24, 2.45) is 0 Å². The molecular formula is C15H24N2O4S. The second-order valence-electron chi connectivity index (χ2n) is 5.64. The predicted molar refractivity (Wildman–Crippen MR) is 85.5 cm³/mol. The summed E-state index contributed by atoms with van der Waals surface area (Å²) in [6, 6.07) is 4.70. The van der Waals surface area contributed by atoms with Crippen molar-refractivity contribution in [3.8, 4) is 5.75 Å². The Kier molecular flexibility index (Phi) is 5.96. The molecule has 0 bridgehead atoms. The second kappa shape index (κ2) is 7.11. The zero-order valence-corrected chi connectivity index (χ0v) is 14.8. The van der Waals surface area contributed by atoms with Gasteiger partial charge in [-0.1, -0.05) is 0 Å². The number of carbonyl (C=O) groups is 1. The van der Waals surface area contributed by atoms with Crippen LogP contribution < -0.4 is 4.74 Å². The van der Waals surface area contributed by atoms with E-state index >= 15 is 0 Å².